The molecule has 0 radical (unpaired) electrons. The second kappa shape index (κ2) is 5.44. The second-order valence-electron chi connectivity index (χ2n) is 5.59. The minimum absolute atomic E-state index is 0.0267. The summed E-state index contributed by atoms with van der Waals surface area (Å²) in [6.45, 7) is 6.31. The predicted molar refractivity (Wildman–Crippen MR) is 79.5 cm³/mol. The van der Waals surface area contributed by atoms with Crippen LogP contribution in [0.25, 0.3) is 11.2 Å². The summed E-state index contributed by atoms with van der Waals surface area (Å²) in [5, 5.41) is 10.9. The summed E-state index contributed by atoms with van der Waals surface area (Å²) in [7, 11) is 0. The Balaban J connectivity index is 2.10. The van der Waals surface area contributed by atoms with E-state index < -0.39 is 10.9 Å². The van der Waals surface area contributed by atoms with Crippen LogP contribution >= 0.6 is 11.6 Å². The molecule has 1 saturated heterocycles. The van der Waals surface area contributed by atoms with Crippen molar-refractivity contribution in [1.82, 2.24) is 19.5 Å². The number of halogens is 1. The number of rotatable bonds is 3. The molecule has 1 aliphatic rings. The Hall–Kier alpha value is -1.80. The molecule has 3 rings (SSSR count). The fraction of sp³-hybridized carbons (Fsp3) is 0.615. The van der Waals surface area contributed by atoms with Crippen LogP contribution in [0, 0.1) is 22.0 Å². The van der Waals surface area contributed by atoms with Gasteiger partial charge in [-0.1, -0.05) is 25.8 Å². The molecule has 2 aromatic rings. The number of fused-ring (bicyclic) bond motifs is 1. The van der Waals surface area contributed by atoms with Crippen molar-refractivity contribution in [3.05, 3.63) is 21.6 Å². The van der Waals surface area contributed by atoms with Gasteiger partial charge in [0.2, 0.25) is 10.8 Å². The zero-order chi connectivity index (χ0) is 16.0. The molecule has 3 heterocycles. The fourth-order valence-corrected chi connectivity index (χ4v) is 3.16. The molecule has 0 aliphatic carbocycles. The predicted octanol–water partition coefficient (Wildman–Crippen LogP) is 2.97. The molecule has 1 aliphatic heterocycles. The van der Waals surface area contributed by atoms with E-state index in [0.29, 0.717) is 17.1 Å². The van der Waals surface area contributed by atoms with Gasteiger partial charge in [0.05, 0.1) is 6.10 Å². The molecular formula is C13H16ClN5O3. The number of nitro groups is 1. The van der Waals surface area contributed by atoms with Gasteiger partial charge in [-0.15, -0.1) is 0 Å². The van der Waals surface area contributed by atoms with E-state index in [1.807, 2.05) is 0 Å². The average molecular weight is 326 g/mol. The molecule has 118 valence electrons. The van der Waals surface area contributed by atoms with Crippen LogP contribution in [0.15, 0.2) is 6.33 Å². The molecule has 4 atom stereocenters. The molecule has 0 spiro atoms. The third-order valence-corrected chi connectivity index (χ3v) is 4.65. The topological polar surface area (TPSA) is 96.0 Å². The van der Waals surface area contributed by atoms with Crippen LogP contribution < -0.4 is 0 Å². The molecule has 1 unspecified atom stereocenters. The van der Waals surface area contributed by atoms with Crippen LogP contribution in [0.4, 0.5) is 5.95 Å². The highest BCUT2D eigenvalue weighted by atomic mass is 35.5. The number of aromatic nitrogens is 4. The van der Waals surface area contributed by atoms with Gasteiger partial charge in [0.25, 0.3) is 0 Å². The second-order valence-corrected chi connectivity index (χ2v) is 5.95. The minimum atomic E-state index is -0.668. The number of imidazole rings is 1. The lowest BCUT2D eigenvalue weighted by Crippen LogP contribution is -2.15. The molecule has 0 amide bonds. The molecular weight excluding hydrogens is 310 g/mol. The summed E-state index contributed by atoms with van der Waals surface area (Å²) in [6, 6.07) is 0. The van der Waals surface area contributed by atoms with Gasteiger partial charge in [0.15, 0.2) is 5.52 Å². The smallest absolute Gasteiger partial charge is 0.390 e. The van der Waals surface area contributed by atoms with E-state index in [2.05, 4.69) is 35.7 Å². The molecule has 22 heavy (non-hydrogen) atoms. The van der Waals surface area contributed by atoms with E-state index in [1.165, 1.54) is 0 Å². The molecule has 0 aromatic carbocycles. The van der Waals surface area contributed by atoms with Gasteiger partial charge in [-0.2, -0.15) is 0 Å². The molecule has 0 bridgehead atoms. The first kappa shape index (κ1) is 15.1. The maximum atomic E-state index is 10.9. The Morgan fingerprint density at radius 2 is 2.14 bits per heavy atom. The van der Waals surface area contributed by atoms with Crippen molar-refractivity contribution < 1.29 is 9.66 Å². The van der Waals surface area contributed by atoms with Gasteiger partial charge >= 0.3 is 5.95 Å². The first-order valence-corrected chi connectivity index (χ1v) is 7.51. The van der Waals surface area contributed by atoms with Crippen LogP contribution in [0.5, 0.6) is 0 Å². The van der Waals surface area contributed by atoms with Crippen molar-refractivity contribution in [2.45, 2.75) is 39.5 Å². The van der Waals surface area contributed by atoms with E-state index >= 15 is 0 Å². The standard InChI is InChI=1S/C13H16ClN5O3/c1-4-8-6(2)7(3)12(22-8)18-5-15-9-10(14)16-13(19(20)21)17-11(9)18/h5-8,12H,4H2,1-3H3/t6-,7?,8-,12-/m1/s1. The lowest BCUT2D eigenvalue weighted by molar-refractivity contribution is -0.394. The van der Waals surface area contributed by atoms with E-state index in [4.69, 9.17) is 16.3 Å². The molecule has 0 saturated carbocycles. The Bertz CT molecular complexity index is 734. The van der Waals surface area contributed by atoms with Crippen molar-refractivity contribution in [3.8, 4) is 0 Å². The van der Waals surface area contributed by atoms with Gasteiger partial charge in [-0.05, 0) is 33.8 Å². The van der Waals surface area contributed by atoms with E-state index in [0.717, 1.165) is 6.42 Å². The number of ether oxygens (including phenoxy) is 1. The van der Waals surface area contributed by atoms with Gasteiger partial charge < -0.3 is 14.9 Å². The molecule has 8 nitrogen and oxygen atoms in total. The summed E-state index contributed by atoms with van der Waals surface area (Å²) >= 11 is 5.98. The molecule has 0 N–H and O–H groups in total. The normalized spacial score (nSPS) is 28.4. The highest BCUT2D eigenvalue weighted by Crippen LogP contribution is 2.41. The van der Waals surface area contributed by atoms with Crippen LogP contribution in [-0.2, 0) is 4.74 Å². The van der Waals surface area contributed by atoms with Gasteiger partial charge in [-0.3, -0.25) is 4.57 Å². The van der Waals surface area contributed by atoms with Crippen molar-refractivity contribution in [2.24, 2.45) is 11.8 Å². The van der Waals surface area contributed by atoms with E-state index in [1.54, 1.807) is 10.9 Å². The number of hydrogen-bond acceptors (Lipinski definition) is 6. The highest BCUT2D eigenvalue weighted by molar-refractivity contribution is 6.33. The maximum absolute atomic E-state index is 10.9. The summed E-state index contributed by atoms with van der Waals surface area (Å²) in [5.41, 5.74) is 0.670. The lowest BCUT2D eigenvalue weighted by Gasteiger charge is -2.17. The number of hydrogen-bond donors (Lipinski definition) is 0. The largest absolute Gasteiger partial charge is 0.472 e. The van der Waals surface area contributed by atoms with Crippen molar-refractivity contribution in [1.29, 1.82) is 0 Å². The SMILES string of the molecule is CC[C@H]1O[C@@H](n2cnc3c(Cl)nc([N+](=O)[O-])nc32)C(C)[C@H]1C. The third-order valence-electron chi connectivity index (χ3n) is 4.39. The first-order valence-electron chi connectivity index (χ1n) is 7.14. The summed E-state index contributed by atoms with van der Waals surface area (Å²) in [5.74, 6) is 0.0693. The lowest BCUT2D eigenvalue weighted by atomic mass is 9.91. The first-order chi connectivity index (χ1) is 10.4. The third kappa shape index (κ3) is 2.22. The fourth-order valence-electron chi connectivity index (χ4n) is 2.95. The van der Waals surface area contributed by atoms with Crippen LogP contribution in [0.1, 0.15) is 33.4 Å². The van der Waals surface area contributed by atoms with Crippen LogP contribution in [0.3, 0.4) is 0 Å². The number of nitrogens with zero attached hydrogens (tertiary/aromatic N) is 5. The Morgan fingerprint density at radius 3 is 2.73 bits per heavy atom. The quantitative estimate of drug-likeness (QED) is 0.489. The van der Waals surface area contributed by atoms with Crippen molar-refractivity contribution >= 4 is 28.7 Å². The zero-order valence-corrected chi connectivity index (χ0v) is 13.2. The highest BCUT2D eigenvalue weighted by Gasteiger charge is 2.40. The summed E-state index contributed by atoms with van der Waals surface area (Å²) in [6.07, 6.45) is 2.34. The van der Waals surface area contributed by atoms with E-state index in [9.17, 15) is 10.1 Å². The monoisotopic (exact) mass is 325 g/mol. The Kier molecular flexibility index (Phi) is 3.73. The summed E-state index contributed by atoms with van der Waals surface area (Å²) < 4.78 is 7.79. The molecule has 1 fully saturated rings. The Labute approximate surface area is 131 Å². The van der Waals surface area contributed by atoms with Crippen LogP contribution in [0.2, 0.25) is 5.15 Å². The van der Waals surface area contributed by atoms with Crippen molar-refractivity contribution in [2.75, 3.05) is 0 Å². The van der Waals surface area contributed by atoms with Crippen molar-refractivity contribution in [3.63, 3.8) is 0 Å². The maximum Gasteiger partial charge on any atom is 0.472 e. The van der Waals surface area contributed by atoms with Gasteiger partial charge in [-0.25, -0.2) is 4.98 Å². The zero-order valence-electron chi connectivity index (χ0n) is 12.4. The summed E-state index contributed by atoms with van der Waals surface area (Å²) in [4.78, 5) is 22.1. The van der Waals surface area contributed by atoms with Crippen LogP contribution in [-0.4, -0.2) is 30.5 Å². The van der Waals surface area contributed by atoms with Gasteiger partial charge in [0, 0.05) is 5.92 Å². The minimum Gasteiger partial charge on any atom is -0.390 e. The van der Waals surface area contributed by atoms with Gasteiger partial charge in [0.1, 0.15) is 12.6 Å². The van der Waals surface area contributed by atoms with E-state index in [-0.39, 0.29) is 23.4 Å². The molecule has 2 aromatic heterocycles. The average Bonchev–Trinajstić information content (AvgIpc) is 3.02. The molecule has 9 heteroatoms. The Morgan fingerprint density at radius 1 is 1.41 bits per heavy atom.